The van der Waals surface area contributed by atoms with Gasteiger partial charge in [-0.25, -0.2) is 9.78 Å². The molecule has 0 aromatic carbocycles. The van der Waals surface area contributed by atoms with E-state index in [1.165, 1.54) is 19.3 Å². The Morgan fingerprint density at radius 3 is 2.83 bits per heavy atom. The Hall–Kier alpha value is -0.380. The summed E-state index contributed by atoms with van der Waals surface area (Å²) in [5, 5.41) is 10.3. The molecule has 2 bridgehead atoms. The number of fused-ring (bicyclic) bond motifs is 1. The molecule has 0 aromatic rings. The molecule has 1 saturated carbocycles. The third kappa shape index (κ3) is 1.47. The first-order chi connectivity index (χ1) is 8.29. The minimum Gasteiger partial charge on any atom is -0.386 e. The smallest absolute Gasteiger partial charge is 0.130 e. The fourth-order valence-electron chi connectivity index (χ4n) is 4.23. The summed E-state index contributed by atoms with van der Waals surface area (Å²) in [5.41, 5.74) is -0.00239. The molecule has 2 aliphatic heterocycles. The van der Waals surface area contributed by atoms with Crippen molar-refractivity contribution in [2.45, 2.75) is 70.7 Å². The van der Waals surface area contributed by atoms with Gasteiger partial charge in [-0.1, -0.05) is 20.3 Å². The van der Waals surface area contributed by atoms with E-state index in [0.29, 0.717) is 5.92 Å². The lowest BCUT2D eigenvalue weighted by atomic mass is 9.53. The van der Waals surface area contributed by atoms with Gasteiger partial charge in [0, 0.05) is 5.41 Å². The van der Waals surface area contributed by atoms with Gasteiger partial charge in [0.2, 0.25) is 0 Å². The van der Waals surface area contributed by atoms with Crippen molar-refractivity contribution in [3.63, 3.8) is 0 Å². The van der Waals surface area contributed by atoms with Crippen LogP contribution >= 0.6 is 0 Å². The number of hydrogen-bond donors (Lipinski definition) is 1. The molecule has 18 heavy (non-hydrogen) atoms. The van der Waals surface area contributed by atoms with Crippen LogP contribution in [0.4, 0.5) is 0 Å². The average Bonchev–Trinajstić information content (AvgIpc) is 2.27. The SMILES string of the molecule is C[C@H]1CCC[C@@]2(C)C[C@H]3OO[C@@]12C=C3C(C)(C)O. The quantitative estimate of drug-likeness (QED) is 0.576. The van der Waals surface area contributed by atoms with Gasteiger partial charge in [0.15, 0.2) is 0 Å². The van der Waals surface area contributed by atoms with Gasteiger partial charge >= 0.3 is 0 Å². The Balaban J connectivity index is 2.11. The molecule has 0 unspecified atom stereocenters. The zero-order valence-corrected chi connectivity index (χ0v) is 11.8. The number of hydrogen-bond acceptors (Lipinski definition) is 3. The van der Waals surface area contributed by atoms with E-state index in [4.69, 9.17) is 9.78 Å². The van der Waals surface area contributed by atoms with Crippen LogP contribution < -0.4 is 0 Å². The zero-order chi connectivity index (χ0) is 13.2. The summed E-state index contributed by atoms with van der Waals surface area (Å²) in [5.74, 6) is 0.440. The molecule has 0 radical (unpaired) electrons. The van der Waals surface area contributed by atoms with Crippen LogP contribution in [-0.2, 0) is 9.78 Å². The highest BCUT2D eigenvalue weighted by atomic mass is 17.2. The monoisotopic (exact) mass is 252 g/mol. The summed E-state index contributed by atoms with van der Waals surface area (Å²) in [7, 11) is 0. The Labute approximate surface area is 109 Å². The van der Waals surface area contributed by atoms with E-state index >= 15 is 0 Å². The molecule has 1 spiro atoms. The highest BCUT2D eigenvalue weighted by molar-refractivity contribution is 5.33. The summed E-state index contributed by atoms with van der Waals surface area (Å²) in [6.45, 7) is 8.23. The third-order valence-corrected chi connectivity index (χ3v) is 5.40. The van der Waals surface area contributed by atoms with Crippen molar-refractivity contribution in [2.24, 2.45) is 11.3 Å². The van der Waals surface area contributed by atoms with Gasteiger partial charge in [-0.3, -0.25) is 0 Å². The predicted octanol–water partition coefficient (Wildman–Crippen LogP) is 2.98. The van der Waals surface area contributed by atoms with Gasteiger partial charge in [-0.15, -0.1) is 0 Å². The largest absolute Gasteiger partial charge is 0.386 e. The average molecular weight is 252 g/mol. The summed E-state index contributed by atoms with van der Waals surface area (Å²) in [6.07, 6.45) is 6.69. The fourth-order valence-corrected chi connectivity index (χ4v) is 4.23. The van der Waals surface area contributed by atoms with Gasteiger partial charge < -0.3 is 5.11 Å². The van der Waals surface area contributed by atoms with Crippen LogP contribution in [0.5, 0.6) is 0 Å². The molecule has 102 valence electrons. The van der Waals surface area contributed by atoms with E-state index in [2.05, 4.69) is 19.9 Å². The van der Waals surface area contributed by atoms with Crippen molar-refractivity contribution in [3.8, 4) is 0 Å². The van der Waals surface area contributed by atoms with E-state index in [1.807, 2.05) is 13.8 Å². The molecule has 0 aromatic heterocycles. The Kier molecular flexibility index (Phi) is 2.52. The van der Waals surface area contributed by atoms with Crippen LogP contribution in [0.25, 0.3) is 0 Å². The lowest BCUT2D eigenvalue weighted by Gasteiger charge is -2.60. The normalized spacial score (nSPS) is 47.7. The number of aliphatic hydroxyl groups is 1. The minimum atomic E-state index is -0.820. The van der Waals surface area contributed by atoms with Crippen molar-refractivity contribution in [1.29, 1.82) is 0 Å². The predicted molar refractivity (Wildman–Crippen MR) is 68.8 cm³/mol. The first-order valence-electron chi connectivity index (χ1n) is 7.09. The van der Waals surface area contributed by atoms with E-state index in [0.717, 1.165) is 12.0 Å². The first-order valence-corrected chi connectivity index (χ1v) is 7.09. The topological polar surface area (TPSA) is 38.7 Å². The fraction of sp³-hybridized carbons (Fsp3) is 0.867. The van der Waals surface area contributed by atoms with Crippen LogP contribution in [0.15, 0.2) is 11.6 Å². The standard InChI is InChI=1S/C15H24O3/c1-10-6-5-7-14(4)9-12-11(13(2,3)16)8-15(10,14)18-17-12/h8,10,12,16H,5-7,9H2,1-4H3/t10-,12+,14-,15-/m0/s1. The van der Waals surface area contributed by atoms with Gasteiger partial charge in [-0.2, -0.15) is 0 Å². The molecule has 1 saturated heterocycles. The van der Waals surface area contributed by atoms with E-state index in [9.17, 15) is 5.11 Å². The summed E-state index contributed by atoms with van der Waals surface area (Å²) in [4.78, 5) is 11.4. The second-order valence-corrected chi connectivity index (χ2v) is 7.18. The molecule has 1 N–H and O–H groups in total. The highest BCUT2D eigenvalue weighted by Gasteiger charge is 2.62. The molecule has 3 nitrogen and oxygen atoms in total. The van der Waals surface area contributed by atoms with E-state index < -0.39 is 5.60 Å². The maximum Gasteiger partial charge on any atom is 0.130 e. The third-order valence-electron chi connectivity index (χ3n) is 5.40. The summed E-state index contributed by atoms with van der Waals surface area (Å²) >= 11 is 0. The van der Waals surface area contributed by atoms with Gasteiger partial charge in [0.1, 0.15) is 11.7 Å². The van der Waals surface area contributed by atoms with Crippen molar-refractivity contribution in [3.05, 3.63) is 11.6 Å². The Bertz CT molecular complexity index is 395. The molecule has 2 heterocycles. The van der Waals surface area contributed by atoms with Crippen LogP contribution in [0.1, 0.15) is 53.4 Å². The van der Waals surface area contributed by atoms with Crippen molar-refractivity contribution in [1.82, 2.24) is 0 Å². The van der Waals surface area contributed by atoms with Crippen LogP contribution in [0.2, 0.25) is 0 Å². The molecule has 4 rings (SSSR count). The minimum absolute atomic E-state index is 0.0813. The lowest BCUT2D eigenvalue weighted by Crippen LogP contribution is -2.64. The molecule has 2 fully saturated rings. The molecule has 3 heteroatoms. The molecule has 2 aliphatic carbocycles. The lowest BCUT2D eigenvalue weighted by molar-refractivity contribution is -0.446. The maximum absolute atomic E-state index is 10.3. The van der Waals surface area contributed by atoms with Gasteiger partial charge in [-0.05, 0) is 50.7 Å². The molecule has 4 aliphatic rings. The molecular weight excluding hydrogens is 228 g/mol. The van der Waals surface area contributed by atoms with Crippen molar-refractivity contribution in [2.75, 3.05) is 0 Å². The summed E-state index contributed by atoms with van der Waals surface area (Å²) in [6, 6.07) is 0. The molecule has 4 atom stereocenters. The second-order valence-electron chi connectivity index (χ2n) is 7.18. The van der Waals surface area contributed by atoms with Crippen LogP contribution in [0, 0.1) is 11.3 Å². The molecule has 0 amide bonds. The highest BCUT2D eigenvalue weighted by Crippen LogP contribution is 2.60. The van der Waals surface area contributed by atoms with Gasteiger partial charge in [0.25, 0.3) is 0 Å². The Morgan fingerprint density at radius 2 is 2.17 bits per heavy atom. The van der Waals surface area contributed by atoms with E-state index in [-0.39, 0.29) is 17.1 Å². The first kappa shape index (κ1) is 12.6. The van der Waals surface area contributed by atoms with E-state index in [1.54, 1.807) is 0 Å². The van der Waals surface area contributed by atoms with Crippen molar-refractivity contribution < 1.29 is 14.9 Å². The number of rotatable bonds is 1. The zero-order valence-electron chi connectivity index (χ0n) is 11.8. The second kappa shape index (κ2) is 3.59. The Morgan fingerprint density at radius 1 is 1.44 bits per heavy atom. The maximum atomic E-state index is 10.3. The summed E-state index contributed by atoms with van der Waals surface area (Å²) < 4.78 is 0. The van der Waals surface area contributed by atoms with Crippen molar-refractivity contribution >= 4 is 0 Å². The van der Waals surface area contributed by atoms with Gasteiger partial charge in [0.05, 0.1) is 5.60 Å². The molecular formula is C15H24O3. The van der Waals surface area contributed by atoms with Crippen LogP contribution in [-0.4, -0.2) is 22.4 Å². The van der Waals surface area contributed by atoms with Crippen LogP contribution in [0.3, 0.4) is 0 Å².